The smallest absolute Gasteiger partial charge is 0.286 e. The largest absolute Gasteiger partial charge is 0.496 e. The topological polar surface area (TPSA) is 119 Å². The van der Waals surface area contributed by atoms with Crippen molar-refractivity contribution < 1.29 is 14.3 Å². The summed E-state index contributed by atoms with van der Waals surface area (Å²) in [5.41, 5.74) is 10.2. The van der Waals surface area contributed by atoms with Crippen molar-refractivity contribution in [2.75, 3.05) is 19.6 Å². The Morgan fingerprint density at radius 1 is 1.09 bits per heavy atom. The fraction of sp³-hybridized carbons (Fsp3) is 0.455. The number of fused-ring (bicyclic) bond motifs is 1. The average Bonchev–Trinajstić information content (AvgIpc) is 3.63. The van der Waals surface area contributed by atoms with Crippen LogP contribution >= 0.6 is 11.6 Å². The number of amides is 1. The Balaban J connectivity index is 1.44. The van der Waals surface area contributed by atoms with E-state index >= 15 is 0 Å². The zero-order valence-electron chi connectivity index (χ0n) is 25.9. The van der Waals surface area contributed by atoms with Crippen molar-refractivity contribution in [2.24, 2.45) is 5.92 Å². The van der Waals surface area contributed by atoms with E-state index in [2.05, 4.69) is 36.8 Å². The first-order chi connectivity index (χ1) is 21.3. The molecule has 1 amide bonds. The number of methoxy groups -OCH3 is 2. The van der Waals surface area contributed by atoms with Gasteiger partial charge in [-0.1, -0.05) is 49.8 Å². The molecule has 4 aromatic rings. The molecule has 0 aliphatic heterocycles. The third-order valence-electron chi connectivity index (χ3n) is 8.68. The van der Waals surface area contributed by atoms with Gasteiger partial charge in [-0.25, -0.2) is 4.68 Å². The third-order valence-corrected chi connectivity index (χ3v) is 8.97. The lowest BCUT2D eigenvalue weighted by Gasteiger charge is -2.21. The molecule has 0 radical (unpaired) electrons. The molecule has 1 fully saturated rings. The highest BCUT2D eigenvalue weighted by atomic mass is 35.5. The Bertz CT molecular complexity index is 1680. The molecule has 0 spiro atoms. The lowest BCUT2D eigenvalue weighted by Crippen LogP contribution is -2.31. The minimum absolute atomic E-state index is 0.257. The zero-order valence-corrected chi connectivity index (χ0v) is 26.6. The van der Waals surface area contributed by atoms with Gasteiger partial charge in [-0.05, 0) is 61.9 Å². The van der Waals surface area contributed by atoms with Crippen LogP contribution in [0.3, 0.4) is 0 Å². The maximum Gasteiger partial charge on any atom is 0.286 e. The number of nitrogens with one attached hydrogen (secondary N) is 2. The van der Waals surface area contributed by atoms with Gasteiger partial charge < -0.3 is 14.0 Å². The first-order valence-electron chi connectivity index (χ1n) is 15.2. The number of carbonyl (C=O) groups excluding carboxylic acids is 1. The normalized spacial score (nSPS) is 13.5. The summed E-state index contributed by atoms with van der Waals surface area (Å²) in [6.45, 7) is 5.34. The van der Waals surface area contributed by atoms with E-state index in [0.717, 1.165) is 28.5 Å². The van der Waals surface area contributed by atoms with Crippen LogP contribution in [0.1, 0.15) is 73.0 Å². The summed E-state index contributed by atoms with van der Waals surface area (Å²) in [6.07, 6.45) is 8.32. The van der Waals surface area contributed by atoms with E-state index < -0.39 is 0 Å². The number of halogens is 1. The number of hydrogen-bond donors (Lipinski definition) is 2. The van der Waals surface area contributed by atoms with Crippen LogP contribution in [0.4, 0.5) is 5.95 Å². The minimum atomic E-state index is -0.318. The molecular weight excluding hydrogens is 578 g/mol. The van der Waals surface area contributed by atoms with Crippen molar-refractivity contribution in [1.82, 2.24) is 24.8 Å². The predicted octanol–water partition coefficient (Wildman–Crippen LogP) is 7.22. The van der Waals surface area contributed by atoms with Gasteiger partial charge in [-0.3, -0.25) is 15.6 Å². The molecule has 0 atom stereocenters. The summed E-state index contributed by atoms with van der Waals surface area (Å²) < 4.78 is 15.0. The number of anilines is 1. The highest BCUT2D eigenvalue weighted by Gasteiger charge is 2.22. The van der Waals surface area contributed by atoms with Crippen LogP contribution in [0.15, 0.2) is 30.3 Å². The Morgan fingerprint density at radius 2 is 1.86 bits per heavy atom. The predicted molar refractivity (Wildman–Crippen MR) is 172 cm³/mol. The lowest BCUT2D eigenvalue weighted by molar-refractivity contribution is 0.0953. The zero-order chi connectivity index (χ0) is 31.2. The number of hydrazine groups is 1. The van der Waals surface area contributed by atoms with Crippen molar-refractivity contribution in [3.63, 3.8) is 0 Å². The Morgan fingerprint density at radius 3 is 2.59 bits per heavy atom. The second-order valence-electron chi connectivity index (χ2n) is 11.4. The molecule has 1 aliphatic rings. The van der Waals surface area contributed by atoms with Gasteiger partial charge in [0, 0.05) is 36.5 Å². The van der Waals surface area contributed by atoms with Crippen LogP contribution in [0.25, 0.3) is 22.3 Å². The molecule has 2 N–H and O–H groups in total. The number of ether oxygens (including phenoxy) is 2. The van der Waals surface area contributed by atoms with Crippen molar-refractivity contribution >= 4 is 34.4 Å². The van der Waals surface area contributed by atoms with E-state index in [4.69, 9.17) is 36.4 Å². The molecule has 1 aliphatic carbocycles. The second kappa shape index (κ2) is 14.0. The van der Waals surface area contributed by atoms with Gasteiger partial charge in [0.1, 0.15) is 17.2 Å². The van der Waals surface area contributed by atoms with E-state index in [9.17, 15) is 4.79 Å². The number of carbonyl (C=O) groups is 1. The molecule has 0 saturated heterocycles. The molecule has 10 nitrogen and oxygen atoms in total. The van der Waals surface area contributed by atoms with E-state index in [1.165, 1.54) is 32.1 Å². The van der Waals surface area contributed by atoms with Gasteiger partial charge in [0.05, 0.1) is 30.9 Å². The van der Waals surface area contributed by atoms with Crippen LogP contribution in [0.5, 0.6) is 11.5 Å². The summed E-state index contributed by atoms with van der Waals surface area (Å²) in [5.74, 6) is 2.22. The Kier molecular flexibility index (Phi) is 9.95. The molecule has 2 heterocycles. The monoisotopic (exact) mass is 617 g/mol. The maximum absolute atomic E-state index is 13.6. The molecule has 44 heavy (non-hydrogen) atoms. The standard InChI is InChI=1S/C33H40ClN7O3/c1-21-12-13-27-24(22(21)2)18-28(40(27)16-9-8-15-35)32(42)37-38-33-36-31(25-19-30(44-4)26(34)20-29(25)43-3)41(39-33)17-14-23-10-6-5-7-11-23/h12-13,18-20,23H,5-11,14,16-17H2,1-4H3,(H,37,42)(H,38,39). The van der Waals surface area contributed by atoms with Crippen LogP contribution < -0.4 is 20.3 Å². The number of aryl methyl sites for hydroxylation is 4. The van der Waals surface area contributed by atoms with E-state index in [1.54, 1.807) is 26.4 Å². The van der Waals surface area contributed by atoms with E-state index in [0.29, 0.717) is 65.5 Å². The number of aromatic nitrogens is 4. The molecule has 1 saturated carbocycles. The molecule has 0 bridgehead atoms. The van der Waals surface area contributed by atoms with Crippen LogP contribution in [0, 0.1) is 31.1 Å². The van der Waals surface area contributed by atoms with Gasteiger partial charge in [-0.15, -0.1) is 5.10 Å². The fourth-order valence-corrected chi connectivity index (χ4v) is 6.30. The number of nitrogens with zero attached hydrogens (tertiary/aromatic N) is 5. The highest BCUT2D eigenvalue weighted by Crippen LogP contribution is 2.38. The van der Waals surface area contributed by atoms with Crippen LogP contribution in [-0.4, -0.2) is 39.5 Å². The molecule has 2 aromatic heterocycles. The highest BCUT2D eigenvalue weighted by molar-refractivity contribution is 6.32. The molecule has 232 valence electrons. The average molecular weight is 618 g/mol. The van der Waals surface area contributed by atoms with Gasteiger partial charge in [0.15, 0.2) is 5.82 Å². The molecular formula is C33H40ClN7O3. The minimum Gasteiger partial charge on any atom is -0.496 e. The van der Waals surface area contributed by atoms with E-state index in [-0.39, 0.29) is 11.9 Å². The summed E-state index contributed by atoms with van der Waals surface area (Å²) in [6, 6.07) is 11.7. The lowest BCUT2D eigenvalue weighted by atomic mass is 9.87. The summed E-state index contributed by atoms with van der Waals surface area (Å²) in [5, 5.41) is 15.3. The molecule has 11 heteroatoms. The van der Waals surface area contributed by atoms with Gasteiger partial charge in [0.25, 0.3) is 11.9 Å². The van der Waals surface area contributed by atoms with Crippen LogP contribution in [-0.2, 0) is 13.1 Å². The summed E-state index contributed by atoms with van der Waals surface area (Å²) in [7, 11) is 3.15. The summed E-state index contributed by atoms with van der Waals surface area (Å²) >= 11 is 6.39. The fourth-order valence-electron chi connectivity index (χ4n) is 6.07. The third kappa shape index (κ3) is 6.63. The maximum atomic E-state index is 13.6. The molecule has 5 rings (SSSR count). The number of benzene rings is 2. The van der Waals surface area contributed by atoms with Crippen molar-refractivity contribution in [3.8, 4) is 29.0 Å². The SMILES string of the molecule is COc1cc(-c2nc(NNC(=O)c3cc4c(C)c(C)ccc4n3CCCC#N)nn2CCC2CCCCC2)c(OC)cc1Cl. The molecule has 0 unspecified atom stereocenters. The van der Waals surface area contributed by atoms with Gasteiger partial charge in [-0.2, -0.15) is 10.2 Å². The molecule has 2 aromatic carbocycles. The van der Waals surface area contributed by atoms with E-state index in [1.807, 2.05) is 21.4 Å². The Labute approximate surface area is 263 Å². The number of hydrogen-bond acceptors (Lipinski definition) is 7. The Hall–Kier alpha value is -4.23. The van der Waals surface area contributed by atoms with Gasteiger partial charge >= 0.3 is 0 Å². The van der Waals surface area contributed by atoms with Crippen molar-refractivity contribution in [3.05, 3.63) is 52.2 Å². The summed E-state index contributed by atoms with van der Waals surface area (Å²) in [4.78, 5) is 18.4. The quantitative estimate of drug-likeness (QED) is 0.127. The van der Waals surface area contributed by atoms with Crippen molar-refractivity contribution in [1.29, 1.82) is 5.26 Å². The number of unbranched alkanes of at least 4 members (excludes halogenated alkanes) is 1. The number of rotatable bonds is 12. The van der Waals surface area contributed by atoms with Crippen LogP contribution in [0.2, 0.25) is 5.02 Å². The number of nitriles is 1. The first kappa shape index (κ1) is 31.2. The first-order valence-corrected chi connectivity index (χ1v) is 15.6. The van der Waals surface area contributed by atoms with Gasteiger partial charge in [0.2, 0.25) is 0 Å². The second-order valence-corrected chi connectivity index (χ2v) is 11.8. The van der Waals surface area contributed by atoms with Crippen molar-refractivity contribution in [2.45, 2.75) is 78.3 Å².